The van der Waals surface area contributed by atoms with Crippen molar-refractivity contribution in [3.63, 3.8) is 0 Å². The fraction of sp³-hybridized carbons (Fsp3) is 0.933. The van der Waals surface area contributed by atoms with E-state index in [0.29, 0.717) is 25.7 Å². The number of phosphoric ester groups is 2. The van der Waals surface area contributed by atoms with Crippen molar-refractivity contribution < 1.29 is 80.2 Å². The molecule has 0 amide bonds. The second kappa shape index (κ2) is 52.8. The third kappa shape index (κ3) is 52.6. The number of carbonyl (C=O) groups is 4. The van der Waals surface area contributed by atoms with Crippen LogP contribution in [-0.2, 0) is 65.4 Å². The molecule has 0 aliphatic heterocycles. The predicted molar refractivity (Wildman–Crippen MR) is 312 cm³/mol. The fourth-order valence-electron chi connectivity index (χ4n) is 8.76. The van der Waals surface area contributed by atoms with Gasteiger partial charge in [-0.15, -0.1) is 0 Å². The highest BCUT2D eigenvalue weighted by molar-refractivity contribution is 7.47. The lowest BCUT2D eigenvalue weighted by Crippen LogP contribution is -2.30. The minimum atomic E-state index is -4.94. The van der Waals surface area contributed by atoms with Crippen molar-refractivity contribution >= 4 is 39.5 Å². The van der Waals surface area contributed by atoms with Crippen LogP contribution in [0, 0.1) is 11.8 Å². The first kappa shape index (κ1) is 77.1. The topological polar surface area (TPSA) is 237 Å². The van der Waals surface area contributed by atoms with E-state index in [0.717, 1.165) is 121 Å². The number of ether oxygens (including phenoxy) is 4. The monoisotopic (exact) mass is 1170 g/mol. The largest absolute Gasteiger partial charge is 0.472 e. The molecule has 0 aromatic carbocycles. The minimum Gasteiger partial charge on any atom is -0.462 e. The van der Waals surface area contributed by atoms with Crippen molar-refractivity contribution in [3.05, 3.63) is 0 Å². The number of hydrogen-bond donors (Lipinski definition) is 3. The highest BCUT2D eigenvalue weighted by Gasteiger charge is 2.30. The summed E-state index contributed by atoms with van der Waals surface area (Å²) in [5.41, 5.74) is 0. The van der Waals surface area contributed by atoms with Gasteiger partial charge in [0.25, 0.3) is 0 Å². The first-order chi connectivity index (χ1) is 37.9. The summed E-state index contributed by atoms with van der Waals surface area (Å²) < 4.78 is 67.7. The van der Waals surface area contributed by atoms with Crippen LogP contribution in [0.5, 0.6) is 0 Å². The zero-order valence-electron chi connectivity index (χ0n) is 50.7. The van der Waals surface area contributed by atoms with Crippen LogP contribution in [0.2, 0.25) is 0 Å². The van der Waals surface area contributed by atoms with Crippen LogP contribution in [0.4, 0.5) is 0 Å². The summed E-state index contributed by atoms with van der Waals surface area (Å²) in [5, 5.41) is 10.5. The summed E-state index contributed by atoms with van der Waals surface area (Å²) in [4.78, 5) is 71.9. The van der Waals surface area contributed by atoms with Gasteiger partial charge in [0.2, 0.25) is 0 Å². The first-order valence-corrected chi connectivity index (χ1v) is 34.6. The molecule has 7 atom stereocenters. The Labute approximate surface area is 479 Å². The zero-order valence-corrected chi connectivity index (χ0v) is 52.4. The Hall–Kier alpha value is -1.94. The molecule has 0 saturated carbocycles. The van der Waals surface area contributed by atoms with Gasteiger partial charge >= 0.3 is 39.5 Å². The van der Waals surface area contributed by atoms with Gasteiger partial charge in [0.05, 0.1) is 26.4 Å². The van der Waals surface area contributed by atoms with E-state index >= 15 is 0 Å². The Balaban J connectivity index is 5.23. The molecule has 0 radical (unpaired) electrons. The number of hydrogen-bond acceptors (Lipinski definition) is 15. The van der Waals surface area contributed by atoms with Gasteiger partial charge < -0.3 is 33.8 Å². The normalized spacial score (nSPS) is 15.1. The van der Waals surface area contributed by atoms with Gasteiger partial charge in [0, 0.05) is 25.7 Å². The van der Waals surface area contributed by atoms with Crippen LogP contribution in [0.1, 0.15) is 292 Å². The number of phosphoric acid groups is 2. The molecule has 0 heterocycles. The first-order valence-electron chi connectivity index (χ1n) is 31.6. The Morgan fingerprint density at radius 1 is 0.354 bits per heavy atom. The predicted octanol–water partition coefficient (Wildman–Crippen LogP) is 16.1. The molecule has 0 spiro atoms. The van der Waals surface area contributed by atoms with E-state index in [1.807, 2.05) is 0 Å². The maximum absolute atomic E-state index is 12.9. The van der Waals surface area contributed by atoms with E-state index in [-0.39, 0.29) is 25.7 Å². The Morgan fingerprint density at radius 2 is 0.608 bits per heavy atom. The molecule has 0 rings (SSSR count). The molecular weight excluding hydrogens is 1050 g/mol. The van der Waals surface area contributed by atoms with Gasteiger partial charge in [-0.1, -0.05) is 241 Å². The van der Waals surface area contributed by atoms with Crippen LogP contribution in [-0.4, -0.2) is 96.7 Å². The molecular formula is C60H116O17P2. The molecule has 468 valence electrons. The highest BCUT2D eigenvalue weighted by atomic mass is 31.2. The second-order valence-electron chi connectivity index (χ2n) is 22.2. The number of unbranched alkanes of at least 4 members (excludes halogenated alkanes) is 27. The van der Waals surface area contributed by atoms with E-state index in [1.54, 1.807) is 0 Å². The van der Waals surface area contributed by atoms with Crippen molar-refractivity contribution in [1.82, 2.24) is 0 Å². The number of aliphatic hydroxyl groups excluding tert-OH is 1. The van der Waals surface area contributed by atoms with Gasteiger partial charge in [-0.25, -0.2) is 9.13 Å². The molecule has 19 heteroatoms. The van der Waals surface area contributed by atoms with Crippen LogP contribution in [0.15, 0.2) is 0 Å². The SMILES string of the molecule is CCCCCCCCCCCCC(=O)O[C@H](COC(=O)CCCCCCCCC)COP(=O)(O)OC[C@H](O)COP(=O)(O)OC[C@@H](COC(=O)CCCCCCCCC(C)CC)OC(=O)CCCCCCCCCCC(C)CC. The molecule has 0 saturated heterocycles. The van der Waals surface area contributed by atoms with E-state index in [1.165, 1.54) is 89.9 Å². The van der Waals surface area contributed by atoms with E-state index in [4.69, 9.17) is 37.0 Å². The summed E-state index contributed by atoms with van der Waals surface area (Å²) >= 11 is 0. The Morgan fingerprint density at radius 3 is 0.899 bits per heavy atom. The molecule has 0 aromatic rings. The van der Waals surface area contributed by atoms with E-state index in [2.05, 4.69) is 41.5 Å². The number of carbonyl (C=O) groups excluding carboxylic acids is 4. The van der Waals surface area contributed by atoms with Crippen LogP contribution < -0.4 is 0 Å². The van der Waals surface area contributed by atoms with Crippen LogP contribution >= 0.6 is 15.6 Å². The smallest absolute Gasteiger partial charge is 0.462 e. The zero-order chi connectivity index (χ0) is 58.7. The molecule has 79 heavy (non-hydrogen) atoms. The maximum atomic E-state index is 12.9. The Kier molecular flexibility index (Phi) is 51.5. The summed E-state index contributed by atoms with van der Waals surface area (Å²) in [5.74, 6) is -0.646. The second-order valence-corrected chi connectivity index (χ2v) is 25.1. The fourth-order valence-corrected chi connectivity index (χ4v) is 10.3. The number of aliphatic hydroxyl groups is 1. The van der Waals surface area contributed by atoms with Crippen molar-refractivity contribution in [2.45, 2.75) is 310 Å². The molecule has 4 unspecified atom stereocenters. The highest BCUT2D eigenvalue weighted by Crippen LogP contribution is 2.45. The summed E-state index contributed by atoms with van der Waals surface area (Å²) in [6.45, 7) is 9.37. The van der Waals surface area contributed by atoms with Crippen LogP contribution in [0.3, 0.4) is 0 Å². The van der Waals surface area contributed by atoms with Crippen LogP contribution in [0.25, 0.3) is 0 Å². The number of esters is 4. The van der Waals surface area contributed by atoms with Crippen molar-refractivity contribution in [3.8, 4) is 0 Å². The molecule has 0 fully saturated rings. The molecule has 0 aromatic heterocycles. The van der Waals surface area contributed by atoms with Crippen molar-refractivity contribution in [2.75, 3.05) is 39.6 Å². The minimum absolute atomic E-state index is 0.104. The Bertz CT molecular complexity index is 1570. The average molecular weight is 1170 g/mol. The lowest BCUT2D eigenvalue weighted by molar-refractivity contribution is -0.161. The summed E-state index contributed by atoms with van der Waals surface area (Å²) in [6, 6.07) is 0. The van der Waals surface area contributed by atoms with Gasteiger partial charge in [-0.05, 0) is 37.5 Å². The van der Waals surface area contributed by atoms with Gasteiger partial charge in [-0.3, -0.25) is 37.3 Å². The molecule has 0 bridgehead atoms. The molecule has 3 N–H and O–H groups in total. The number of rotatable bonds is 59. The quantitative estimate of drug-likeness (QED) is 0.0222. The van der Waals surface area contributed by atoms with Crippen molar-refractivity contribution in [1.29, 1.82) is 0 Å². The molecule has 0 aliphatic carbocycles. The van der Waals surface area contributed by atoms with Gasteiger partial charge in [-0.2, -0.15) is 0 Å². The summed E-state index contributed by atoms with van der Waals surface area (Å²) in [7, 11) is -9.87. The van der Waals surface area contributed by atoms with Gasteiger partial charge in [0.15, 0.2) is 12.2 Å². The molecule has 0 aliphatic rings. The molecule has 17 nitrogen and oxygen atoms in total. The van der Waals surface area contributed by atoms with E-state index in [9.17, 15) is 43.2 Å². The third-order valence-corrected chi connectivity index (χ3v) is 16.3. The standard InChI is InChI=1S/C60H116O17P2/c1-7-11-13-15-17-18-19-24-32-38-44-59(64)76-55(48-70-57(62)42-36-30-22-16-14-12-8-2)50-74-78(66,67)72-46-54(61)47-73-79(68,69)75-51-56(49-71-58(63)43-37-31-27-26-29-35-41-53(6)10-4)77-60(65)45-39-33-25-21-20-23-28-34-40-52(5)9-3/h52-56,61H,7-51H2,1-6H3,(H,66,67)(H,68,69)/t52?,53?,54-,55+,56+/m0/s1. The lowest BCUT2D eigenvalue weighted by Gasteiger charge is -2.21. The van der Waals surface area contributed by atoms with Crippen molar-refractivity contribution in [2.24, 2.45) is 11.8 Å². The van der Waals surface area contributed by atoms with E-state index < -0.39 is 97.5 Å². The maximum Gasteiger partial charge on any atom is 0.472 e. The average Bonchev–Trinajstić information content (AvgIpc) is 3.42. The van der Waals surface area contributed by atoms with Gasteiger partial charge in [0.1, 0.15) is 19.3 Å². The third-order valence-electron chi connectivity index (χ3n) is 14.4. The lowest BCUT2D eigenvalue weighted by atomic mass is 9.99. The summed E-state index contributed by atoms with van der Waals surface area (Å²) in [6.07, 6.45) is 33.5.